The Kier molecular flexibility index (Phi) is 10.3. The molecule has 1 fully saturated rings. The number of anilines is 1. The Morgan fingerprint density at radius 2 is 1.64 bits per heavy atom. The van der Waals surface area contributed by atoms with E-state index < -0.39 is 0 Å². The first kappa shape index (κ1) is 29.0. The number of piperidine rings is 1. The zero-order valence-electron chi connectivity index (χ0n) is 24.6. The fourth-order valence-electron chi connectivity index (χ4n) is 5.97. The van der Waals surface area contributed by atoms with Gasteiger partial charge in [0.2, 0.25) is 0 Å². The number of phenolic OH excluding ortho intramolecular Hbond substituents is 1. The molecule has 1 saturated heterocycles. The van der Waals surface area contributed by atoms with Crippen LogP contribution in [0.4, 0.5) is 5.69 Å². The zero-order chi connectivity index (χ0) is 27.7. The molecule has 0 atom stereocenters. The molecule has 1 aliphatic carbocycles. The quantitative estimate of drug-likeness (QED) is 0.326. The first-order valence-corrected chi connectivity index (χ1v) is 14.8. The number of benzene rings is 3. The highest BCUT2D eigenvalue weighted by atomic mass is 16.5. The predicted molar refractivity (Wildman–Crippen MR) is 164 cm³/mol. The standard InChI is InChI=1S/C25H36N2O.C10H12O/c1-5-27(23-8-6-9-24(18-23)28-4)19-22-12-10-21(11-13-22)14-17-26-16-7-15-25(2,3)20-26;11-10-6-5-8-3-1-2-4-9(8)7-10/h6,8-13,18H,5,7,14-17,19-20H2,1-4H3;5-7,11H,1-4H2. The van der Waals surface area contributed by atoms with Gasteiger partial charge in [-0.05, 0) is 110 Å². The second-order valence-corrected chi connectivity index (χ2v) is 12.0. The summed E-state index contributed by atoms with van der Waals surface area (Å²) < 4.78 is 5.37. The number of phenols is 1. The van der Waals surface area contributed by atoms with E-state index in [1.54, 1.807) is 13.2 Å². The van der Waals surface area contributed by atoms with Gasteiger partial charge in [0.1, 0.15) is 11.5 Å². The fourth-order valence-corrected chi connectivity index (χ4v) is 5.97. The van der Waals surface area contributed by atoms with Crippen LogP contribution in [-0.4, -0.2) is 43.3 Å². The number of methoxy groups -OCH3 is 1. The second kappa shape index (κ2) is 13.9. The molecule has 0 aromatic heterocycles. The molecule has 3 aromatic rings. The van der Waals surface area contributed by atoms with E-state index in [-0.39, 0.29) is 0 Å². The van der Waals surface area contributed by atoms with Crippen LogP contribution in [-0.2, 0) is 25.8 Å². The number of hydrogen-bond acceptors (Lipinski definition) is 4. The molecule has 1 heterocycles. The molecule has 2 aliphatic rings. The summed E-state index contributed by atoms with van der Waals surface area (Å²) in [7, 11) is 1.72. The van der Waals surface area contributed by atoms with Gasteiger partial charge in [-0.25, -0.2) is 0 Å². The number of ether oxygens (including phenoxy) is 1. The van der Waals surface area contributed by atoms with E-state index in [1.165, 1.54) is 79.7 Å². The number of likely N-dealkylation sites (tertiary alicyclic amines) is 1. The molecule has 4 heteroatoms. The minimum atomic E-state index is 0.408. The SMILES string of the molecule is CCN(Cc1ccc(CCN2CCCC(C)(C)C2)cc1)c1cccc(OC)c1.Oc1ccc2c(c1)CCCC2. The van der Waals surface area contributed by atoms with Crippen LogP contribution in [0.3, 0.4) is 0 Å². The van der Waals surface area contributed by atoms with Gasteiger partial charge >= 0.3 is 0 Å². The summed E-state index contributed by atoms with van der Waals surface area (Å²) in [6.07, 6.45) is 8.75. The lowest BCUT2D eigenvalue weighted by molar-refractivity contribution is 0.119. The second-order valence-electron chi connectivity index (χ2n) is 12.0. The van der Waals surface area contributed by atoms with Crippen molar-refractivity contribution in [3.8, 4) is 11.5 Å². The van der Waals surface area contributed by atoms with Crippen molar-refractivity contribution in [2.75, 3.05) is 38.2 Å². The maximum absolute atomic E-state index is 9.19. The van der Waals surface area contributed by atoms with Gasteiger partial charge in [-0.1, -0.05) is 50.2 Å². The van der Waals surface area contributed by atoms with Crippen LogP contribution in [0, 0.1) is 5.41 Å². The number of fused-ring (bicyclic) bond motifs is 1. The third-order valence-electron chi connectivity index (χ3n) is 8.22. The normalized spacial score (nSPS) is 16.5. The summed E-state index contributed by atoms with van der Waals surface area (Å²) in [6, 6.07) is 23.2. The van der Waals surface area contributed by atoms with E-state index in [2.05, 4.69) is 73.0 Å². The molecule has 0 saturated carbocycles. The molecular weight excluding hydrogens is 480 g/mol. The highest BCUT2D eigenvalue weighted by molar-refractivity contribution is 5.51. The molecule has 5 rings (SSSR count). The van der Waals surface area contributed by atoms with Crippen molar-refractivity contribution in [3.63, 3.8) is 0 Å². The number of aryl methyl sites for hydroxylation is 2. The topological polar surface area (TPSA) is 35.9 Å². The van der Waals surface area contributed by atoms with Crippen molar-refractivity contribution in [3.05, 3.63) is 89.0 Å². The summed E-state index contributed by atoms with van der Waals surface area (Å²) >= 11 is 0. The van der Waals surface area contributed by atoms with Crippen LogP contribution in [0.2, 0.25) is 0 Å². The third kappa shape index (κ3) is 8.76. The van der Waals surface area contributed by atoms with Crippen LogP contribution >= 0.6 is 0 Å². The largest absolute Gasteiger partial charge is 0.508 e. The maximum Gasteiger partial charge on any atom is 0.120 e. The van der Waals surface area contributed by atoms with Crippen LogP contribution < -0.4 is 9.64 Å². The molecular formula is C35H48N2O2. The van der Waals surface area contributed by atoms with Crippen molar-refractivity contribution < 1.29 is 9.84 Å². The zero-order valence-corrected chi connectivity index (χ0v) is 24.6. The first-order chi connectivity index (χ1) is 18.8. The van der Waals surface area contributed by atoms with Crippen molar-refractivity contribution in [1.29, 1.82) is 0 Å². The van der Waals surface area contributed by atoms with E-state index in [4.69, 9.17) is 4.74 Å². The van der Waals surface area contributed by atoms with Gasteiger partial charge in [0.15, 0.2) is 0 Å². The van der Waals surface area contributed by atoms with Crippen LogP contribution in [0.1, 0.15) is 68.7 Å². The highest BCUT2D eigenvalue weighted by Gasteiger charge is 2.25. The molecule has 39 heavy (non-hydrogen) atoms. The van der Waals surface area contributed by atoms with Crippen LogP contribution in [0.15, 0.2) is 66.7 Å². The van der Waals surface area contributed by atoms with Crippen LogP contribution in [0.5, 0.6) is 11.5 Å². The Labute approximate surface area is 236 Å². The molecule has 210 valence electrons. The number of nitrogens with zero attached hydrogens (tertiary/aromatic N) is 2. The Bertz CT molecular complexity index is 1170. The summed E-state index contributed by atoms with van der Waals surface area (Å²) in [5.74, 6) is 1.32. The first-order valence-electron chi connectivity index (χ1n) is 14.8. The van der Waals surface area contributed by atoms with Gasteiger partial charge < -0.3 is 19.6 Å². The molecule has 1 aliphatic heterocycles. The minimum absolute atomic E-state index is 0.408. The number of rotatable bonds is 8. The van der Waals surface area contributed by atoms with Crippen LogP contribution in [0.25, 0.3) is 0 Å². The monoisotopic (exact) mass is 528 g/mol. The van der Waals surface area contributed by atoms with E-state index in [9.17, 15) is 5.11 Å². The molecule has 1 N–H and O–H groups in total. The lowest BCUT2D eigenvalue weighted by atomic mass is 9.84. The fraction of sp³-hybridized carbons (Fsp3) is 0.486. The van der Waals surface area contributed by atoms with Gasteiger partial charge in [-0.2, -0.15) is 0 Å². The molecule has 0 bridgehead atoms. The molecule has 3 aromatic carbocycles. The van der Waals surface area contributed by atoms with E-state index in [1.807, 2.05) is 18.2 Å². The predicted octanol–water partition coefficient (Wildman–Crippen LogP) is 7.66. The van der Waals surface area contributed by atoms with Gasteiger partial charge in [0.25, 0.3) is 0 Å². The average Bonchev–Trinajstić information content (AvgIpc) is 2.95. The smallest absolute Gasteiger partial charge is 0.120 e. The lowest BCUT2D eigenvalue weighted by Gasteiger charge is -2.38. The Morgan fingerprint density at radius 3 is 2.36 bits per heavy atom. The number of hydrogen-bond donors (Lipinski definition) is 1. The minimum Gasteiger partial charge on any atom is -0.508 e. The summed E-state index contributed by atoms with van der Waals surface area (Å²) in [5.41, 5.74) is 7.25. The van der Waals surface area contributed by atoms with Gasteiger partial charge in [0, 0.05) is 37.9 Å². The van der Waals surface area contributed by atoms with E-state index in [0.717, 1.165) is 31.7 Å². The highest BCUT2D eigenvalue weighted by Crippen LogP contribution is 2.28. The van der Waals surface area contributed by atoms with E-state index >= 15 is 0 Å². The van der Waals surface area contributed by atoms with E-state index in [0.29, 0.717) is 11.2 Å². The molecule has 0 radical (unpaired) electrons. The summed E-state index contributed by atoms with van der Waals surface area (Å²) in [6.45, 7) is 12.6. The summed E-state index contributed by atoms with van der Waals surface area (Å²) in [4.78, 5) is 5.02. The third-order valence-corrected chi connectivity index (χ3v) is 8.22. The van der Waals surface area contributed by atoms with Gasteiger partial charge in [-0.15, -0.1) is 0 Å². The molecule has 0 spiro atoms. The molecule has 4 nitrogen and oxygen atoms in total. The Hall–Kier alpha value is -2.98. The molecule has 0 amide bonds. The van der Waals surface area contributed by atoms with Crippen molar-refractivity contribution in [2.24, 2.45) is 5.41 Å². The Balaban J connectivity index is 0.000000265. The van der Waals surface area contributed by atoms with Crippen molar-refractivity contribution in [1.82, 2.24) is 4.90 Å². The van der Waals surface area contributed by atoms with Gasteiger partial charge in [0.05, 0.1) is 7.11 Å². The average molecular weight is 529 g/mol. The van der Waals surface area contributed by atoms with Gasteiger partial charge in [-0.3, -0.25) is 0 Å². The molecule has 0 unspecified atom stereocenters. The van der Waals surface area contributed by atoms with Crippen molar-refractivity contribution >= 4 is 5.69 Å². The lowest BCUT2D eigenvalue weighted by Crippen LogP contribution is -2.40. The van der Waals surface area contributed by atoms with Crippen molar-refractivity contribution in [2.45, 2.75) is 72.3 Å². The number of aromatic hydroxyl groups is 1. The maximum atomic E-state index is 9.19. The summed E-state index contributed by atoms with van der Waals surface area (Å²) in [5, 5.41) is 9.19. The Morgan fingerprint density at radius 1 is 0.897 bits per heavy atom.